The van der Waals surface area contributed by atoms with Crippen LogP contribution in [0.3, 0.4) is 0 Å². The lowest BCUT2D eigenvalue weighted by molar-refractivity contribution is -0.120. The second-order valence-corrected chi connectivity index (χ2v) is 8.58. The summed E-state index contributed by atoms with van der Waals surface area (Å²) in [7, 11) is -2.80. The Balaban J connectivity index is 1.87. The number of carbonyl (C=O) groups is 1. The molecule has 0 bridgehead atoms. The van der Waals surface area contributed by atoms with Gasteiger partial charge in [0.2, 0.25) is 5.91 Å². The molecule has 1 aliphatic heterocycles. The Bertz CT molecular complexity index is 1120. The zero-order chi connectivity index (χ0) is 21.3. The van der Waals surface area contributed by atoms with Crippen LogP contribution in [0.15, 0.2) is 36.4 Å². The molecular weight excluding hydrogens is 426 g/mol. The third-order valence-electron chi connectivity index (χ3n) is 4.57. The molecule has 2 aromatic rings. The zero-order valence-electron chi connectivity index (χ0n) is 15.0. The van der Waals surface area contributed by atoms with E-state index in [0.717, 1.165) is 16.4 Å². The predicted octanol–water partition coefficient (Wildman–Crippen LogP) is 2.71. The second kappa shape index (κ2) is 8.04. The molecule has 29 heavy (non-hydrogen) atoms. The van der Waals surface area contributed by atoms with E-state index >= 15 is 0 Å². The van der Waals surface area contributed by atoms with Gasteiger partial charge in [0, 0.05) is 12.7 Å². The number of rotatable bonds is 3. The van der Waals surface area contributed by atoms with Gasteiger partial charge < -0.3 is 5.32 Å². The van der Waals surface area contributed by atoms with E-state index in [-0.39, 0.29) is 28.3 Å². The van der Waals surface area contributed by atoms with Crippen LogP contribution >= 0.6 is 11.6 Å². The van der Waals surface area contributed by atoms with Gasteiger partial charge in [0.1, 0.15) is 23.7 Å². The number of nitriles is 1. The topological polar surface area (TPSA) is 102 Å². The van der Waals surface area contributed by atoms with E-state index in [0.29, 0.717) is 0 Å². The fraction of sp³-hybridized carbons (Fsp3) is 0.222. The van der Waals surface area contributed by atoms with Gasteiger partial charge in [-0.3, -0.25) is 4.79 Å². The third-order valence-corrected chi connectivity index (χ3v) is 6.46. The molecule has 3 rings (SSSR count). The Morgan fingerprint density at radius 3 is 2.62 bits per heavy atom. The van der Waals surface area contributed by atoms with Crippen molar-refractivity contribution in [2.45, 2.75) is 18.5 Å². The third kappa shape index (κ3) is 4.38. The maximum absolute atomic E-state index is 14.0. The first-order chi connectivity index (χ1) is 13.6. The van der Waals surface area contributed by atoms with Gasteiger partial charge in [-0.1, -0.05) is 17.7 Å². The molecule has 1 saturated heterocycles. The standard InChI is InChI=1S/C18H15ClF2N4O3S/c1-25-17(18(26)23-12-4-5-14(20)13(19)7-12)8-16(24-29(25,27)28)10-2-3-11(9-22)15(21)6-10/h2-7,16-17,24H,8H2,1H3,(H,23,26). The SMILES string of the molecule is CN1C(C(=O)Nc2ccc(F)c(Cl)c2)CC(c2ccc(C#N)c(F)c2)NS1(=O)=O. The van der Waals surface area contributed by atoms with Gasteiger partial charge in [-0.15, -0.1) is 0 Å². The van der Waals surface area contributed by atoms with Gasteiger partial charge >= 0.3 is 0 Å². The van der Waals surface area contributed by atoms with Crippen molar-refractivity contribution in [3.63, 3.8) is 0 Å². The number of hydrogen-bond donors (Lipinski definition) is 2. The van der Waals surface area contributed by atoms with E-state index in [1.807, 2.05) is 0 Å². The molecule has 0 radical (unpaired) electrons. The lowest BCUT2D eigenvalue weighted by Gasteiger charge is -2.36. The van der Waals surface area contributed by atoms with E-state index < -0.39 is 39.8 Å². The van der Waals surface area contributed by atoms with Gasteiger partial charge in [-0.2, -0.15) is 22.7 Å². The molecule has 0 spiro atoms. The summed E-state index contributed by atoms with van der Waals surface area (Å²) in [6.45, 7) is 0. The lowest BCUT2D eigenvalue weighted by Crippen LogP contribution is -2.55. The average molecular weight is 441 g/mol. The number of nitrogens with zero attached hydrogens (tertiary/aromatic N) is 2. The van der Waals surface area contributed by atoms with Crippen molar-refractivity contribution < 1.29 is 22.0 Å². The fourth-order valence-electron chi connectivity index (χ4n) is 2.96. The van der Waals surface area contributed by atoms with Crippen molar-refractivity contribution in [1.29, 1.82) is 5.26 Å². The molecule has 1 aliphatic rings. The number of halogens is 3. The van der Waals surface area contributed by atoms with Crippen LogP contribution < -0.4 is 10.0 Å². The summed E-state index contributed by atoms with van der Waals surface area (Å²) < 4.78 is 55.4. The largest absolute Gasteiger partial charge is 0.325 e. The van der Waals surface area contributed by atoms with Crippen LogP contribution in [0.4, 0.5) is 14.5 Å². The maximum Gasteiger partial charge on any atom is 0.280 e. The Morgan fingerprint density at radius 2 is 2.00 bits per heavy atom. The highest BCUT2D eigenvalue weighted by atomic mass is 35.5. The molecule has 11 heteroatoms. The van der Waals surface area contributed by atoms with Crippen LogP contribution in [0, 0.1) is 23.0 Å². The highest BCUT2D eigenvalue weighted by molar-refractivity contribution is 7.87. The summed E-state index contributed by atoms with van der Waals surface area (Å²) in [4.78, 5) is 12.7. The average Bonchev–Trinajstić information content (AvgIpc) is 2.66. The molecule has 7 nitrogen and oxygen atoms in total. The van der Waals surface area contributed by atoms with Gasteiger partial charge in [0.25, 0.3) is 10.2 Å². The van der Waals surface area contributed by atoms with E-state index in [1.54, 1.807) is 6.07 Å². The first kappa shape index (κ1) is 21.1. The van der Waals surface area contributed by atoms with Crippen LogP contribution in [-0.4, -0.2) is 31.7 Å². The van der Waals surface area contributed by atoms with Crippen molar-refractivity contribution >= 4 is 33.4 Å². The molecule has 2 unspecified atom stereocenters. The monoisotopic (exact) mass is 440 g/mol. The van der Waals surface area contributed by atoms with Crippen LogP contribution in [0.25, 0.3) is 0 Å². The van der Waals surface area contributed by atoms with Crippen LogP contribution in [0.2, 0.25) is 5.02 Å². The minimum atomic E-state index is -4.04. The van der Waals surface area contributed by atoms with Crippen LogP contribution in [-0.2, 0) is 15.0 Å². The molecule has 152 valence electrons. The molecule has 1 heterocycles. The highest BCUT2D eigenvalue weighted by Gasteiger charge is 2.40. The predicted molar refractivity (Wildman–Crippen MR) is 102 cm³/mol. The lowest BCUT2D eigenvalue weighted by atomic mass is 9.98. The highest BCUT2D eigenvalue weighted by Crippen LogP contribution is 2.29. The molecule has 1 amide bonds. The molecule has 1 fully saturated rings. The summed E-state index contributed by atoms with van der Waals surface area (Å²) in [5, 5.41) is 11.1. The van der Waals surface area contributed by atoms with Gasteiger partial charge in [-0.25, -0.2) is 8.78 Å². The molecule has 2 N–H and O–H groups in total. The van der Waals surface area contributed by atoms with E-state index in [4.69, 9.17) is 16.9 Å². The summed E-state index contributed by atoms with van der Waals surface area (Å²) >= 11 is 5.70. The minimum absolute atomic E-state index is 0.00182. The number of hydrogen-bond acceptors (Lipinski definition) is 4. The normalized spacial score (nSPS) is 21.3. The Labute approximate surface area is 171 Å². The summed E-state index contributed by atoms with van der Waals surface area (Å²) in [5.74, 6) is -2.10. The molecule has 2 atom stereocenters. The van der Waals surface area contributed by atoms with E-state index in [9.17, 15) is 22.0 Å². The molecule has 0 saturated carbocycles. The Hall–Kier alpha value is -2.58. The molecule has 2 aromatic carbocycles. The van der Waals surface area contributed by atoms with Crippen molar-refractivity contribution in [1.82, 2.24) is 9.03 Å². The summed E-state index contributed by atoms with van der Waals surface area (Å²) in [5.41, 5.74) is 0.305. The van der Waals surface area contributed by atoms with Gasteiger partial charge in [0.05, 0.1) is 16.6 Å². The van der Waals surface area contributed by atoms with E-state index in [1.165, 1.54) is 31.3 Å². The number of likely N-dealkylation sites (N-methyl/N-ethyl adjacent to an activating group) is 1. The van der Waals surface area contributed by atoms with Crippen molar-refractivity contribution in [2.75, 3.05) is 12.4 Å². The van der Waals surface area contributed by atoms with Crippen LogP contribution in [0.1, 0.15) is 23.6 Å². The smallest absolute Gasteiger partial charge is 0.280 e. The fourth-order valence-corrected chi connectivity index (χ4v) is 4.42. The Kier molecular flexibility index (Phi) is 5.86. The Morgan fingerprint density at radius 1 is 1.28 bits per heavy atom. The number of nitrogens with one attached hydrogen (secondary N) is 2. The number of anilines is 1. The van der Waals surface area contributed by atoms with Crippen LogP contribution in [0.5, 0.6) is 0 Å². The molecular formula is C18H15ClF2N4O3S. The van der Waals surface area contributed by atoms with Crippen molar-refractivity contribution in [3.05, 3.63) is 64.2 Å². The van der Waals surface area contributed by atoms with Gasteiger partial charge in [-0.05, 0) is 42.3 Å². The summed E-state index contributed by atoms with van der Waals surface area (Å²) in [6, 6.07) is 6.99. The second-order valence-electron chi connectivity index (χ2n) is 6.41. The first-order valence-electron chi connectivity index (χ1n) is 8.33. The number of amides is 1. The van der Waals surface area contributed by atoms with Crippen molar-refractivity contribution in [2.24, 2.45) is 0 Å². The molecule has 0 aliphatic carbocycles. The first-order valence-corrected chi connectivity index (χ1v) is 10.1. The number of benzene rings is 2. The van der Waals surface area contributed by atoms with Crippen molar-refractivity contribution in [3.8, 4) is 6.07 Å². The summed E-state index contributed by atoms with van der Waals surface area (Å²) in [6.07, 6.45) is 0.00182. The van der Waals surface area contributed by atoms with E-state index in [2.05, 4.69) is 10.0 Å². The quantitative estimate of drug-likeness (QED) is 0.766. The van der Waals surface area contributed by atoms with Gasteiger partial charge in [0.15, 0.2) is 0 Å². The number of carbonyl (C=O) groups excluding carboxylic acids is 1. The molecule has 0 aromatic heterocycles. The zero-order valence-corrected chi connectivity index (χ0v) is 16.6. The minimum Gasteiger partial charge on any atom is -0.325 e. The maximum atomic E-state index is 14.0.